The van der Waals surface area contributed by atoms with Crippen molar-refractivity contribution < 1.29 is 33.4 Å². The third-order valence-electron chi connectivity index (χ3n) is 11.7. The van der Waals surface area contributed by atoms with E-state index in [-0.39, 0.29) is 29.8 Å². The lowest BCUT2D eigenvalue weighted by Crippen LogP contribution is -2.50. The van der Waals surface area contributed by atoms with Gasteiger partial charge in [0, 0.05) is 24.2 Å². The number of rotatable bonds is 11. The van der Waals surface area contributed by atoms with E-state index >= 15 is 0 Å². The lowest BCUT2D eigenvalue weighted by Gasteiger charge is -2.30. The minimum absolute atomic E-state index is 0.229. The number of ether oxygens (including phenoxy) is 2. The highest BCUT2D eigenvalue weighted by molar-refractivity contribution is 5.93. The lowest BCUT2D eigenvalue weighted by molar-refractivity contribution is -0.140. The van der Waals surface area contributed by atoms with Crippen LogP contribution in [0.3, 0.4) is 0 Å². The number of hydrogen-bond donors (Lipinski definition) is 4. The molecule has 2 aliphatic heterocycles. The van der Waals surface area contributed by atoms with Gasteiger partial charge in [0.25, 0.3) is 11.8 Å². The monoisotopic (exact) mass is 919 g/mol. The average Bonchev–Trinajstić information content (AvgIpc) is 4.11. The Morgan fingerprint density at radius 3 is 1.65 bits per heavy atom. The molecule has 0 saturated carbocycles. The highest BCUT2D eigenvalue weighted by atomic mass is 16.6. The molecule has 0 unspecified atom stereocenters. The molecule has 0 bridgehead atoms. The molecular weight excluding hydrogens is 859 g/mol. The number of benzene rings is 4. The van der Waals surface area contributed by atoms with Crippen molar-refractivity contribution in [1.82, 2.24) is 35.7 Å². The fourth-order valence-corrected chi connectivity index (χ4v) is 8.44. The van der Waals surface area contributed by atoms with Gasteiger partial charge < -0.3 is 40.2 Å². The fraction of sp³-hybridized carbons (Fsp3) is 0.370. The smallest absolute Gasteiger partial charge is 0.408 e. The van der Waals surface area contributed by atoms with Crippen molar-refractivity contribution in [3.8, 4) is 23.1 Å². The number of imidazole rings is 1. The standard InChI is InChI=1S/C54H61N7O7/c1-35(56-48(62)44-21-15-33-61(44)50(64)46(41-18-12-9-13-19-41)59-52(66)68-54(5,6)7)38-28-24-36(25-29-38)22-23-37-26-30-39(31-27-37)42-34-55-47(57-42)43-20-14-32-60(43)49(63)45(40-16-10-8-11-17-40)58-51(65)67-53(2,3)4/h8-13,16-19,24-31,34-35,43-46H,14-15,20-21,32-33H2,1-7H3,(H,55,57)(H,56,62)(H,58,65)(H,59,66)/t35-,43-,44-,45+,46+/m0/s1. The van der Waals surface area contributed by atoms with Crippen LogP contribution in [0.2, 0.25) is 0 Å². The summed E-state index contributed by atoms with van der Waals surface area (Å²) in [5, 5.41) is 8.63. The van der Waals surface area contributed by atoms with E-state index in [1.807, 2.05) is 91.9 Å². The van der Waals surface area contributed by atoms with E-state index in [0.717, 1.165) is 40.8 Å². The number of carbonyl (C=O) groups excluding carboxylic acids is 5. The van der Waals surface area contributed by atoms with Crippen molar-refractivity contribution in [1.29, 1.82) is 0 Å². The Labute approximate surface area is 398 Å². The van der Waals surface area contributed by atoms with E-state index in [4.69, 9.17) is 14.5 Å². The summed E-state index contributed by atoms with van der Waals surface area (Å²) in [5.41, 5.74) is 4.03. The first kappa shape index (κ1) is 48.5. The molecule has 0 spiro atoms. The quantitative estimate of drug-likeness (QED) is 0.0951. The molecule has 2 fully saturated rings. The Hall–Kier alpha value is -7.40. The number of carbonyl (C=O) groups is 5. The van der Waals surface area contributed by atoms with Crippen molar-refractivity contribution in [2.75, 3.05) is 13.1 Å². The predicted molar refractivity (Wildman–Crippen MR) is 259 cm³/mol. The number of nitrogens with zero attached hydrogens (tertiary/aromatic N) is 3. The molecule has 4 aromatic carbocycles. The first-order chi connectivity index (χ1) is 32.4. The van der Waals surface area contributed by atoms with Crippen LogP contribution in [-0.4, -0.2) is 80.0 Å². The van der Waals surface area contributed by atoms with Crippen LogP contribution in [0.1, 0.15) is 132 Å². The molecule has 5 aromatic rings. The van der Waals surface area contributed by atoms with E-state index in [1.165, 1.54) is 0 Å². The number of alkyl carbamates (subject to hydrolysis) is 2. The second-order valence-corrected chi connectivity index (χ2v) is 19.2. The van der Waals surface area contributed by atoms with Crippen LogP contribution in [0.25, 0.3) is 11.3 Å². The topological polar surface area (TPSA) is 175 Å². The van der Waals surface area contributed by atoms with Gasteiger partial charge in [-0.3, -0.25) is 14.4 Å². The highest BCUT2D eigenvalue weighted by Crippen LogP contribution is 2.34. The zero-order valence-corrected chi connectivity index (χ0v) is 39.8. The molecule has 3 heterocycles. The van der Waals surface area contributed by atoms with Crippen LogP contribution in [-0.2, 0) is 23.9 Å². The van der Waals surface area contributed by atoms with Gasteiger partial charge in [0.05, 0.1) is 24.0 Å². The van der Waals surface area contributed by atoms with Crippen molar-refractivity contribution in [2.45, 2.75) is 116 Å². The zero-order valence-electron chi connectivity index (χ0n) is 39.8. The summed E-state index contributed by atoms with van der Waals surface area (Å²) in [4.78, 5) is 79.0. The molecule has 2 saturated heterocycles. The Morgan fingerprint density at radius 1 is 0.632 bits per heavy atom. The van der Waals surface area contributed by atoms with Gasteiger partial charge in [-0.2, -0.15) is 0 Å². The Morgan fingerprint density at radius 2 is 1.12 bits per heavy atom. The number of hydrogen-bond acceptors (Lipinski definition) is 8. The average molecular weight is 920 g/mol. The number of aromatic nitrogens is 2. The van der Waals surface area contributed by atoms with E-state index in [2.05, 4.69) is 32.8 Å². The maximum absolute atomic E-state index is 14.1. The second kappa shape index (κ2) is 21.1. The number of H-pyrrole nitrogens is 1. The maximum atomic E-state index is 14.1. The number of aromatic amines is 1. The lowest BCUT2D eigenvalue weighted by atomic mass is 10.0. The van der Waals surface area contributed by atoms with Gasteiger partial charge in [-0.25, -0.2) is 14.6 Å². The van der Waals surface area contributed by atoms with E-state index in [0.29, 0.717) is 42.9 Å². The molecule has 354 valence electrons. The third kappa shape index (κ3) is 12.5. The molecule has 5 atom stereocenters. The van der Waals surface area contributed by atoms with E-state index < -0.39 is 41.5 Å². The molecular formula is C54H61N7O7. The summed E-state index contributed by atoms with van der Waals surface area (Å²) in [5.74, 6) is 6.28. The first-order valence-corrected chi connectivity index (χ1v) is 23.2. The van der Waals surface area contributed by atoms with Crippen LogP contribution < -0.4 is 16.0 Å². The number of likely N-dealkylation sites (tertiary alicyclic amines) is 2. The largest absolute Gasteiger partial charge is 0.444 e. The molecule has 2 aliphatic rings. The minimum Gasteiger partial charge on any atom is -0.444 e. The maximum Gasteiger partial charge on any atom is 0.408 e. The molecule has 7 rings (SSSR count). The summed E-state index contributed by atoms with van der Waals surface area (Å²) in [6.07, 6.45) is 3.08. The molecule has 1 aromatic heterocycles. The molecule has 4 N–H and O–H groups in total. The van der Waals surface area contributed by atoms with Crippen molar-refractivity contribution >= 4 is 29.9 Å². The molecule has 0 radical (unpaired) electrons. The number of nitrogens with one attached hydrogen (secondary N) is 4. The van der Waals surface area contributed by atoms with Crippen LogP contribution in [0.4, 0.5) is 9.59 Å². The van der Waals surface area contributed by atoms with Gasteiger partial charge in [0.2, 0.25) is 5.91 Å². The van der Waals surface area contributed by atoms with Gasteiger partial charge >= 0.3 is 12.2 Å². The van der Waals surface area contributed by atoms with Crippen LogP contribution >= 0.6 is 0 Å². The van der Waals surface area contributed by atoms with Gasteiger partial charge in [-0.1, -0.05) is 96.8 Å². The summed E-state index contributed by atoms with van der Waals surface area (Å²) in [7, 11) is 0. The van der Waals surface area contributed by atoms with Crippen LogP contribution in [0.5, 0.6) is 0 Å². The first-order valence-electron chi connectivity index (χ1n) is 23.2. The summed E-state index contributed by atoms with van der Waals surface area (Å²) in [6.45, 7) is 13.4. The molecule has 0 aliphatic carbocycles. The summed E-state index contributed by atoms with van der Waals surface area (Å²) < 4.78 is 11.0. The van der Waals surface area contributed by atoms with Crippen molar-refractivity contribution in [3.05, 3.63) is 149 Å². The van der Waals surface area contributed by atoms with Crippen molar-refractivity contribution in [2.24, 2.45) is 0 Å². The Kier molecular flexibility index (Phi) is 15.0. The van der Waals surface area contributed by atoms with Crippen molar-refractivity contribution in [3.63, 3.8) is 0 Å². The van der Waals surface area contributed by atoms with Gasteiger partial charge in [0.1, 0.15) is 35.2 Å². The second-order valence-electron chi connectivity index (χ2n) is 19.2. The molecule has 68 heavy (non-hydrogen) atoms. The predicted octanol–water partition coefficient (Wildman–Crippen LogP) is 8.84. The normalized spacial score (nSPS) is 17.2. The van der Waals surface area contributed by atoms with E-state index in [9.17, 15) is 24.0 Å². The molecule has 14 nitrogen and oxygen atoms in total. The Balaban J connectivity index is 0.951. The zero-order chi connectivity index (χ0) is 48.6. The van der Waals surface area contributed by atoms with E-state index in [1.54, 1.807) is 81.8 Å². The highest BCUT2D eigenvalue weighted by Gasteiger charge is 2.40. The van der Waals surface area contributed by atoms with Gasteiger partial charge in [0.15, 0.2) is 0 Å². The number of amides is 5. The molecule has 14 heteroatoms. The minimum atomic E-state index is -1.01. The Bertz CT molecular complexity index is 2630. The fourth-order valence-electron chi connectivity index (χ4n) is 8.44. The van der Waals surface area contributed by atoms with Gasteiger partial charge in [-0.05, 0) is 121 Å². The SMILES string of the molecule is C[C@H](NC(=O)[C@@H]1CCCN1C(=O)[C@H](NC(=O)OC(C)(C)C)c1ccccc1)c1ccc(C#Cc2ccc(-c3cnc([C@@H]4CCCN4C(=O)[C@H](NC(=O)OC(C)(C)C)c4ccccc4)[nH]3)cc2)cc1. The molecule has 5 amide bonds. The third-order valence-corrected chi connectivity index (χ3v) is 11.7. The summed E-state index contributed by atoms with van der Waals surface area (Å²) >= 11 is 0. The van der Waals surface area contributed by atoms with Crippen LogP contribution in [0.15, 0.2) is 115 Å². The van der Waals surface area contributed by atoms with Gasteiger partial charge in [-0.15, -0.1) is 0 Å². The van der Waals surface area contributed by atoms with Crippen LogP contribution in [0, 0.1) is 11.8 Å². The summed E-state index contributed by atoms with van der Waals surface area (Å²) in [6, 6.07) is 30.4.